The van der Waals surface area contributed by atoms with E-state index in [4.69, 9.17) is 0 Å². The lowest BCUT2D eigenvalue weighted by Gasteiger charge is -2.48. The standard InChI is InChI=1S/C13H23F3NPSi2/c1-19(2,3)17(20(4,5)6)18(13(14,15)16)12-10-8-7-9-11-12/h7-11H,1-6H3. The normalized spacial score (nSPS) is 15.5. The molecule has 0 aliphatic heterocycles. The Labute approximate surface area is 123 Å². The Morgan fingerprint density at radius 3 is 1.55 bits per heavy atom. The van der Waals surface area contributed by atoms with E-state index in [0.717, 1.165) is 0 Å². The molecule has 0 heterocycles. The van der Waals surface area contributed by atoms with Gasteiger partial charge in [0, 0.05) is 0 Å². The van der Waals surface area contributed by atoms with Crippen molar-refractivity contribution >= 4 is 29.8 Å². The Balaban J connectivity index is 3.43. The molecule has 0 saturated heterocycles. The van der Waals surface area contributed by atoms with Crippen molar-refractivity contribution in [2.24, 2.45) is 0 Å². The average molecular weight is 337 g/mol. The van der Waals surface area contributed by atoms with Gasteiger partial charge in [0.05, 0.1) is 8.07 Å². The van der Waals surface area contributed by atoms with Crippen LogP contribution in [-0.2, 0) is 0 Å². The number of rotatable bonds is 4. The zero-order valence-electron chi connectivity index (χ0n) is 12.9. The van der Waals surface area contributed by atoms with E-state index in [2.05, 4.69) is 0 Å². The van der Waals surface area contributed by atoms with Gasteiger partial charge in [-0.05, 0) is 5.30 Å². The fraction of sp³-hybridized carbons (Fsp3) is 0.538. The van der Waals surface area contributed by atoms with Crippen LogP contribution in [-0.4, -0.2) is 26.4 Å². The highest BCUT2D eigenvalue weighted by atomic mass is 31.1. The molecule has 0 radical (unpaired) electrons. The molecule has 20 heavy (non-hydrogen) atoms. The molecule has 7 heteroatoms. The number of benzene rings is 1. The van der Waals surface area contributed by atoms with Gasteiger partial charge in [-0.2, -0.15) is 13.2 Å². The van der Waals surface area contributed by atoms with E-state index >= 15 is 0 Å². The van der Waals surface area contributed by atoms with Crippen LogP contribution < -0.4 is 5.30 Å². The van der Waals surface area contributed by atoms with E-state index < -0.39 is 30.5 Å². The predicted molar refractivity (Wildman–Crippen MR) is 87.6 cm³/mol. The minimum atomic E-state index is -4.18. The predicted octanol–water partition coefficient (Wildman–Crippen LogP) is 5.20. The zero-order valence-corrected chi connectivity index (χ0v) is 15.8. The number of hydrogen-bond donors (Lipinski definition) is 0. The molecule has 1 nitrogen and oxygen atoms in total. The van der Waals surface area contributed by atoms with Gasteiger partial charge in [-0.25, -0.2) is 0 Å². The number of hydrogen-bond acceptors (Lipinski definition) is 1. The quantitative estimate of drug-likeness (QED) is 0.539. The van der Waals surface area contributed by atoms with Crippen molar-refractivity contribution < 1.29 is 13.2 Å². The molecule has 1 aromatic carbocycles. The van der Waals surface area contributed by atoms with Crippen LogP contribution in [0.3, 0.4) is 0 Å². The number of alkyl halides is 3. The Morgan fingerprint density at radius 1 is 0.850 bits per heavy atom. The van der Waals surface area contributed by atoms with Gasteiger partial charge < -0.3 is 4.00 Å². The third-order valence-electron chi connectivity index (χ3n) is 2.71. The largest absolute Gasteiger partial charge is 0.422 e. The van der Waals surface area contributed by atoms with Crippen LogP contribution in [0.25, 0.3) is 0 Å². The molecule has 0 bridgehead atoms. The van der Waals surface area contributed by atoms with Gasteiger partial charge in [0.1, 0.15) is 16.5 Å². The maximum atomic E-state index is 13.7. The van der Waals surface area contributed by atoms with Crippen molar-refractivity contribution in [2.75, 3.05) is 0 Å². The second kappa shape index (κ2) is 5.91. The molecular weight excluding hydrogens is 314 g/mol. The minimum absolute atomic E-state index is 0.417. The van der Waals surface area contributed by atoms with Gasteiger partial charge in [0.2, 0.25) is 0 Å². The van der Waals surface area contributed by atoms with Crippen LogP contribution in [0.15, 0.2) is 30.3 Å². The molecule has 0 amide bonds. The first-order chi connectivity index (χ1) is 8.85. The summed E-state index contributed by atoms with van der Waals surface area (Å²) >= 11 is 0. The van der Waals surface area contributed by atoms with E-state index in [1.165, 1.54) is 0 Å². The fourth-order valence-corrected chi connectivity index (χ4v) is 18.0. The molecule has 0 aliphatic rings. The van der Waals surface area contributed by atoms with Crippen LogP contribution in [0.5, 0.6) is 0 Å². The smallest absolute Gasteiger partial charge is 0.314 e. The molecule has 0 aliphatic carbocycles. The van der Waals surface area contributed by atoms with E-state index in [9.17, 15) is 13.2 Å². The van der Waals surface area contributed by atoms with Gasteiger partial charge in [-0.3, -0.25) is 0 Å². The van der Waals surface area contributed by atoms with E-state index in [0.29, 0.717) is 5.30 Å². The first kappa shape index (κ1) is 17.9. The molecule has 114 valence electrons. The van der Waals surface area contributed by atoms with Crippen molar-refractivity contribution in [3.8, 4) is 0 Å². The van der Waals surface area contributed by atoms with E-state index in [1.807, 2.05) is 43.3 Å². The highest BCUT2D eigenvalue weighted by Crippen LogP contribution is 2.58. The first-order valence-corrected chi connectivity index (χ1v) is 14.8. The van der Waals surface area contributed by atoms with Crippen LogP contribution in [0.2, 0.25) is 39.3 Å². The number of nitrogens with zero attached hydrogens (tertiary/aromatic N) is 1. The molecule has 0 N–H and O–H groups in total. The SMILES string of the molecule is C[Si](C)(C)N(P(c1ccccc1)C(F)(F)F)[Si](C)(C)C. The Kier molecular flexibility index (Phi) is 5.29. The lowest BCUT2D eigenvalue weighted by atomic mass is 10.4. The zero-order chi connectivity index (χ0) is 15.8. The van der Waals surface area contributed by atoms with Gasteiger partial charge in [0.15, 0.2) is 0 Å². The van der Waals surface area contributed by atoms with Crippen LogP contribution in [0.1, 0.15) is 0 Å². The third-order valence-corrected chi connectivity index (χ3v) is 15.7. The fourth-order valence-electron chi connectivity index (χ4n) is 2.55. The maximum absolute atomic E-state index is 13.7. The summed E-state index contributed by atoms with van der Waals surface area (Å²) in [5.74, 6) is -4.18. The topological polar surface area (TPSA) is 3.24 Å². The molecule has 1 rings (SSSR count). The highest BCUT2D eigenvalue weighted by molar-refractivity contribution is 7.68. The van der Waals surface area contributed by atoms with Crippen molar-refractivity contribution in [3.05, 3.63) is 30.3 Å². The van der Waals surface area contributed by atoms with Crippen LogP contribution in [0, 0.1) is 0 Å². The van der Waals surface area contributed by atoms with Gasteiger partial charge in [-0.1, -0.05) is 69.6 Å². The lowest BCUT2D eigenvalue weighted by Crippen LogP contribution is -2.58. The van der Waals surface area contributed by atoms with Gasteiger partial charge in [0.25, 0.3) is 0 Å². The van der Waals surface area contributed by atoms with E-state index in [-0.39, 0.29) is 0 Å². The molecule has 0 fully saturated rings. The summed E-state index contributed by atoms with van der Waals surface area (Å²) in [5.41, 5.74) is 0. The first-order valence-electron chi connectivity index (χ1n) is 6.57. The van der Waals surface area contributed by atoms with Crippen molar-refractivity contribution in [1.29, 1.82) is 0 Å². The Hall–Kier alpha value is -0.166. The minimum Gasteiger partial charge on any atom is -0.314 e. The summed E-state index contributed by atoms with van der Waals surface area (Å²) in [4.78, 5) is 0. The monoisotopic (exact) mass is 337 g/mol. The Bertz CT molecular complexity index is 424. The summed E-state index contributed by atoms with van der Waals surface area (Å²) in [6.45, 7) is 12.1. The van der Waals surface area contributed by atoms with Crippen molar-refractivity contribution in [1.82, 2.24) is 4.00 Å². The van der Waals surface area contributed by atoms with Crippen LogP contribution >= 0.6 is 8.07 Å². The summed E-state index contributed by atoms with van der Waals surface area (Å²) < 4.78 is 43.1. The van der Waals surface area contributed by atoms with E-state index in [1.54, 1.807) is 30.3 Å². The maximum Gasteiger partial charge on any atom is 0.422 e. The highest BCUT2D eigenvalue weighted by Gasteiger charge is 2.52. The van der Waals surface area contributed by atoms with Gasteiger partial charge >= 0.3 is 5.92 Å². The van der Waals surface area contributed by atoms with Crippen LogP contribution in [0.4, 0.5) is 13.2 Å². The summed E-state index contributed by atoms with van der Waals surface area (Å²) in [6.07, 6.45) is 0. The lowest BCUT2D eigenvalue weighted by molar-refractivity contribution is -0.0412. The molecule has 0 spiro atoms. The van der Waals surface area contributed by atoms with Crippen molar-refractivity contribution in [2.45, 2.75) is 45.2 Å². The summed E-state index contributed by atoms with van der Waals surface area (Å²) in [5, 5.41) is 0.417. The second-order valence-electron chi connectivity index (χ2n) is 6.77. The van der Waals surface area contributed by atoms with Gasteiger partial charge in [-0.15, -0.1) is 0 Å². The number of halogens is 3. The summed E-state index contributed by atoms with van der Waals surface area (Å²) in [6, 6.07) is 8.39. The third kappa shape index (κ3) is 4.41. The van der Waals surface area contributed by atoms with Crippen molar-refractivity contribution in [3.63, 3.8) is 0 Å². The molecule has 1 unspecified atom stereocenters. The average Bonchev–Trinajstić information content (AvgIpc) is 2.21. The molecule has 0 saturated carbocycles. The second-order valence-corrected chi connectivity index (χ2v) is 19.6. The molecule has 1 aromatic rings. The molecule has 1 atom stereocenters. The molecular formula is C13H23F3NPSi2. The summed E-state index contributed by atoms with van der Waals surface area (Å²) in [7, 11) is -6.43. The molecule has 0 aromatic heterocycles. The Morgan fingerprint density at radius 2 is 1.25 bits per heavy atom.